The van der Waals surface area contributed by atoms with Crippen LogP contribution in [-0.4, -0.2) is 34.8 Å². The number of aryl methyl sites for hydroxylation is 1. The van der Waals surface area contributed by atoms with Crippen molar-refractivity contribution in [3.63, 3.8) is 0 Å². The molecular weight excluding hydrogens is 322 g/mol. The number of amides is 2. The Hall–Kier alpha value is -1.95. The van der Waals surface area contributed by atoms with Gasteiger partial charge in [-0.15, -0.1) is 11.3 Å². The monoisotopic (exact) mass is 343 g/mol. The second-order valence-corrected chi connectivity index (χ2v) is 8.04. The lowest BCUT2D eigenvalue weighted by Crippen LogP contribution is -2.44. The summed E-state index contributed by atoms with van der Waals surface area (Å²) >= 11 is 1.63. The zero-order valence-electron chi connectivity index (χ0n) is 13.7. The average Bonchev–Trinajstić information content (AvgIpc) is 3.36. The van der Waals surface area contributed by atoms with Crippen molar-refractivity contribution < 1.29 is 9.59 Å². The lowest BCUT2D eigenvalue weighted by molar-refractivity contribution is -0.135. The smallest absolute Gasteiger partial charge is 0.229 e. The summed E-state index contributed by atoms with van der Waals surface area (Å²) in [4.78, 5) is 31.2. The quantitative estimate of drug-likeness (QED) is 0.931. The molecule has 2 amide bonds. The van der Waals surface area contributed by atoms with Gasteiger partial charge in [0.15, 0.2) is 0 Å². The molecule has 1 aliphatic carbocycles. The molecule has 1 N–H and O–H groups in total. The average molecular weight is 343 g/mol. The molecule has 1 aliphatic heterocycles. The van der Waals surface area contributed by atoms with E-state index >= 15 is 0 Å². The summed E-state index contributed by atoms with van der Waals surface area (Å²) in [7, 11) is 0. The molecule has 1 aromatic heterocycles. The van der Waals surface area contributed by atoms with Crippen LogP contribution in [-0.2, 0) is 9.59 Å². The van der Waals surface area contributed by atoms with E-state index in [0.717, 1.165) is 53.1 Å². The number of likely N-dealkylation sites (tertiary alicyclic amines) is 1. The van der Waals surface area contributed by atoms with Gasteiger partial charge in [0.25, 0.3) is 0 Å². The second kappa shape index (κ2) is 6.16. The maximum Gasteiger partial charge on any atom is 0.229 e. The first-order valence-corrected chi connectivity index (χ1v) is 9.38. The fourth-order valence-electron chi connectivity index (χ4n) is 3.34. The van der Waals surface area contributed by atoms with Crippen molar-refractivity contribution >= 4 is 39.1 Å². The van der Waals surface area contributed by atoms with Crippen LogP contribution in [0.25, 0.3) is 10.2 Å². The lowest BCUT2D eigenvalue weighted by Gasteiger charge is -2.32. The van der Waals surface area contributed by atoms with Crippen molar-refractivity contribution in [2.24, 2.45) is 11.8 Å². The molecule has 2 aromatic rings. The van der Waals surface area contributed by atoms with Gasteiger partial charge in [-0.1, -0.05) is 0 Å². The maximum absolute atomic E-state index is 12.6. The molecule has 1 aromatic carbocycles. The van der Waals surface area contributed by atoms with E-state index in [9.17, 15) is 9.59 Å². The normalized spacial score (nSPS) is 21.0. The number of hydrogen-bond acceptors (Lipinski definition) is 4. The molecule has 126 valence electrons. The van der Waals surface area contributed by atoms with Crippen LogP contribution < -0.4 is 5.32 Å². The third-order valence-electron chi connectivity index (χ3n) is 4.79. The molecule has 0 bridgehead atoms. The minimum Gasteiger partial charge on any atom is -0.342 e. The summed E-state index contributed by atoms with van der Waals surface area (Å²) in [5.74, 6) is 0.377. The minimum absolute atomic E-state index is 0.0175. The molecular formula is C18H21N3O2S. The van der Waals surface area contributed by atoms with Crippen molar-refractivity contribution in [3.05, 3.63) is 23.2 Å². The van der Waals surface area contributed by atoms with Crippen LogP contribution in [0, 0.1) is 18.8 Å². The zero-order valence-corrected chi connectivity index (χ0v) is 14.6. The fraction of sp³-hybridized carbons (Fsp3) is 0.500. The van der Waals surface area contributed by atoms with E-state index in [1.807, 2.05) is 30.0 Å². The van der Waals surface area contributed by atoms with Gasteiger partial charge in [0.05, 0.1) is 21.1 Å². The number of hydrogen-bond donors (Lipinski definition) is 1. The number of rotatable bonds is 3. The third kappa shape index (κ3) is 3.15. The molecule has 1 saturated heterocycles. The van der Waals surface area contributed by atoms with Gasteiger partial charge < -0.3 is 10.2 Å². The zero-order chi connectivity index (χ0) is 16.7. The topological polar surface area (TPSA) is 62.3 Å². The Labute approximate surface area is 145 Å². The molecule has 0 spiro atoms. The first kappa shape index (κ1) is 15.6. The number of aromatic nitrogens is 1. The Bertz CT molecular complexity index is 797. The molecule has 0 unspecified atom stereocenters. The van der Waals surface area contributed by atoms with Crippen LogP contribution in [0.15, 0.2) is 18.2 Å². The van der Waals surface area contributed by atoms with Gasteiger partial charge in [-0.2, -0.15) is 0 Å². The number of thiazole rings is 1. The largest absolute Gasteiger partial charge is 0.342 e. The molecule has 5 nitrogen and oxygen atoms in total. The molecule has 4 rings (SSSR count). The van der Waals surface area contributed by atoms with E-state index in [0.29, 0.717) is 6.54 Å². The number of anilines is 1. The molecule has 24 heavy (non-hydrogen) atoms. The van der Waals surface area contributed by atoms with E-state index < -0.39 is 0 Å². The van der Waals surface area contributed by atoms with Crippen LogP contribution in [0.1, 0.15) is 30.7 Å². The van der Waals surface area contributed by atoms with Crippen LogP contribution in [0.2, 0.25) is 0 Å². The molecule has 1 atom stereocenters. The Balaban J connectivity index is 1.43. The Morgan fingerprint density at radius 2 is 2.08 bits per heavy atom. The standard InChI is InChI=1S/C18H21N3O2S/c1-11-19-15-7-6-14(9-16(15)24-11)20-17(22)13-3-2-8-21(10-13)18(23)12-4-5-12/h6-7,9,12-13H,2-5,8,10H2,1H3,(H,20,22)/t13-/m1/s1. The van der Waals surface area contributed by atoms with Crippen molar-refractivity contribution in [3.8, 4) is 0 Å². The van der Waals surface area contributed by atoms with Crippen LogP contribution in [0.3, 0.4) is 0 Å². The molecule has 0 radical (unpaired) electrons. The predicted molar refractivity (Wildman–Crippen MR) is 95.0 cm³/mol. The third-order valence-corrected chi connectivity index (χ3v) is 5.73. The first-order valence-electron chi connectivity index (χ1n) is 8.57. The lowest BCUT2D eigenvalue weighted by atomic mass is 9.96. The van der Waals surface area contributed by atoms with Gasteiger partial charge in [-0.3, -0.25) is 9.59 Å². The summed E-state index contributed by atoms with van der Waals surface area (Å²) in [6.45, 7) is 3.34. The van der Waals surface area contributed by atoms with Gasteiger partial charge in [-0.25, -0.2) is 4.98 Å². The van der Waals surface area contributed by atoms with Crippen molar-refractivity contribution in [1.82, 2.24) is 9.88 Å². The summed E-state index contributed by atoms with van der Waals surface area (Å²) in [6, 6.07) is 5.82. The minimum atomic E-state index is -0.111. The highest BCUT2D eigenvalue weighted by Crippen LogP contribution is 2.33. The van der Waals surface area contributed by atoms with Gasteiger partial charge in [0.1, 0.15) is 0 Å². The molecule has 2 aliphatic rings. The van der Waals surface area contributed by atoms with Crippen LogP contribution >= 0.6 is 11.3 Å². The van der Waals surface area contributed by atoms with Gasteiger partial charge in [0.2, 0.25) is 11.8 Å². The Morgan fingerprint density at radius 3 is 2.88 bits per heavy atom. The van der Waals surface area contributed by atoms with E-state index in [4.69, 9.17) is 0 Å². The number of carbonyl (C=O) groups is 2. The van der Waals surface area contributed by atoms with Crippen molar-refractivity contribution in [1.29, 1.82) is 0 Å². The number of nitrogens with zero attached hydrogens (tertiary/aromatic N) is 2. The van der Waals surface area contributed by atoms with Gasteiger partial charge in [0, 0.05) is 24.7 Å². The molecule has 1 saturated carbocycles. The van der Waals surface area contributed by atoms with E-state index in [2.05, 4.69) is 10.3 Å². The van der Waals surface area contributed by atoms with Crippen molar-refractivity contribution in [2.75, 3.05) is 18.4 Å². The summed E-state index contributed by atoms with van der Waals surface area (Å²) in [5.41, 5.74) is 1.77. The van der Waals surface area contributed by atoms with E-state index in [-0.39, 0.29) is 23.7 Å². The SMILES string of the molecule is Cc1nc2ccc(NC(=O)[C@@H]3CCCN(C(=O)C4CC4)C3)cc2s1. The second-order valence-electron chi connectivity index (χ2n) is 6.80. The molecule has 2 fully saturated rings. The number of benzene rings is 1. The van der Waals surface area contributed by atoms with Gasteiger partial charge >= 0.3 is 0 Å². The highest BCUT2D eigenvalue weighted by Gasteiger charge is 2.36. The summed E-state index contributed by atoms with van der Waals surface area (Å²) < 4.78 is 1.08. The molecule has 6 heteroatoms. The van der Waals surface area contributed by atoms with E-state index in [1.165, 1.54) is 0 Å². The number of nitrogens with one attached hydrogen (secondary N) is 1. The number of piperidine rings is 1. The van der Waals surface area contributed by atoms with Gasteiger partial charge in [-0.05, 0) is 50.8 Å². The first-order chi connectivity index (χ1) is 11.6. The highest BCUT2D eigenvalue weighted by molar-refractivity contribution is 7.18. The Kier molecular flexibility index (Phi) is 4.00. The summed E-state index contributed by atoms with van der Waals surface area (Å²) in [5, 5.41) is 4.04. The fourth-order valence-corrected chi connectivity index (χ4v) is 4.21. The van der Waals surface area contributed by atoms with Crippen LogP contribution in [0.4, 0.5) is 5.69 Å². The van der Waals surface area contributed by atoms with Crippen LogP contribution in [0.5, 0.6) is 0 Å². The number of carbonyl (C=O) groups excluding carboxylic acids is 2. The van der Waals surface area contributed by atoms with E-state index in [1.54, 1.807) is 11.3 Å². The van der Waals surface area contributed by atoms with Crippen molar-refractivity contribution in [2.45, 2.75) is 32.6 Å². The summed E-state index contributed by atoms with van der Waals surface area (Å²) in [6.07, 6.45) is 3.78. The highest BCUT2D eigenvalue weighted by atomic mass is 32.1. The Morgan fingerprint density at radius 1 is 1.25 bits per heavy atom. The molecule has 2 heterocycles. The predicted octanol–water partition coefficient (Wildman–Crippen LogP) is 3.19. The maximum atomic E-state index is 12.6. The number of fused-ring (bicyclic) bond motifs is 1.